The van der Waals surface area contributed by atoms with Crippen LogP contribution in [0.25, 0.3) is 11.0 Å². The van der Waals surface area contributed by atoms with Gasteiger partial charge >= 0.3 is 15.7 Å². The molecule has 9 heteroatoms. The van der Waals surface area contributed by atoms with Gasteiger partial charge in [0.1, 0.15) is 16.5 Å². The van der Waals surface area contributed by atoms with Crippen LogP contribution in [0.4, 0.5) is 0 Å². The molecule has 3 aromatic rings. The lowest BCUT2D eigenvalue weighted by Gasteiger charge is -2.09. The van der Waals surface area contributed by atoms with E-state index >= 15 is 0 Å². The van der Waals surface area contributed by atoms with E-state index in [1.807, 2.05) is 6.92 Å². The fourth-order valence-electron chi connectivity index (χ4n) is 2.80. The Hall–Kier alpha value is -2.32. The third-order valence-electron chi connectivity index (χ3n) is 3.88. The van der Waals surface area contributed by atoms with Crippen LogP contribution in [0, 0.1) is 6.92 Å². The van der Waals surface area contributed by atoms with Gasteiger partial charge in [-0.2, -0.15) is 13.5 Å². The van der Waals surface area contributed by atoms with Gasteiger partial charge in [-0.1, -0.05) is 24.9 Å². The lowest BCUT2D eigenvalue weighted by Crippen LogP contribution is -2.11. The fraction of sp³-hybridized carbons (Fsp3) is 0.294. The van der Waals surface area contributed by atoms with Gasteiger partial charge in [0.15, 0.2) is 4.90 Å². The predicted octanol–water partition coefficient (Wildman–Crippen LogP) is 3.21. The number of aromatic nitrogens is 2. The van der Waals surface area contributed by atoms with Crippen molar-refractivity contribution in [2.24, 2.45) is 7.05 Å². The minimum Gasteiger partial charge on any atom is -0.423 e. The third-order valence-corrected chi connectivity index (χ3v) is 5.82. The van der Waals surface area contributed by atoms with E-state index in [-0.39, 0.29) is 27.1 Å². The van der Waals surface area contributed by atoms with Crippen LogP contribution in [0.5, 0.6) is 5.75 Å². The molecule has 0 saturated heterocycles. The molecule has 2 heterocycles. The quantitative estimate of drug-likeness (QED) is 0.485. The second-order valence-electron chi connectivity index (χ2n) is 5.87. The smallest absolute Gasteiger partial charge is 0.344 e. The average molecular weight is 397 g/mol. The van der Waals surface area contributed by atoms with Gasteiger partial charge < -0.3 is 8.60 Å². The highest BCUT2D eigenvalue weighted by Gasteiger charge is 2.27. The van der Waals surface area contributed by atoms with E-state index < -0.39 is 15.7 Å². The van der Waals surface area contributed by atoms with E-state index in [4.69, 9.17) is 20.2 Å². The van der Waals surface area contributed by atoms with Crippen LogP contribution in [0.1, 0.15) is 24.6 Å². The molecular formula is C17H17ClN2O5S. The molecule has 0 aliphatic rings. The van der Waals surface area contributed by atoms with Gasteiger partial charge in [0.25, 0.3) is 0 Å². The highest BCUT2D eigenvalue weighted by atomic mass is 35.5. The molecule has 0 amide bonds. The first-order valence-electron chi connectivity index (χ1n) is 7.93. The molecule has 26 heavy (non-hydrogen) atoms. The number of benzene rings is 1. The van der Waals surface area contributed by atoms with Crippen LogP contribution < -0.4 is 9.81 Å². The summed E-state index contributed by atoms with van der Waals surface area (Å²) in [7, 11) is -2.65. The number of hydrogen-bond acceptors (Lipinski definition) is 6. The van der Waals surface area contributed by atoms with Gasteiger partial charge in [0.05, 0.1) is 5.69 Å². The molecule has 0 bridgehead atoms. The predicted molar refractivity (Wildman–Crippen MR) is 97.2 cm³/mol. The molecule has 0 aliphatic heterocycles. The summed E-state index contributed by atoms with van der Waals surface area (Å²) in [5.41, 5.74) is 0.851. The largest absolute Gasteiger partial charge is 0.423 e. The number of nitrogens with zero attached hydrogens (tertiary/aromatic N) is 2. The van der Waals surface area contributed by atoms with E-state index in [1.165, 1.54) is 36.9 Å². The first kappa shape index (κ1) is 18.5. The van der Waals surface area contributed by atoms with Crippen LogP contribution >= 0.6 is 11.6 Å². The Kier molecular flexibility index (Phi) is 4.81. The fourth-order valence-corrected chi connectivity index (χ4v) is 4.44. The van der Waals surface area contributed by atoms with Crippen LogP contribution in [0.2, 0.25) is 5.15 Å². The summed E-state index contributed by atoms with van der Waals surface area (Å²) in [5.74, 6) is 0.0219. The molecule has 0 radical (unpaired) electrons. The minimum absolute atomic E-state index is 0.0219. The van der Waals surface area contributed by atoms with Crippen LogP contribution in [0.3, 0.4) is 0 Å². The Morgan fingerprint density at radius 1 is 1.31 bits per heavy atom. The molecule has 0 spiro atoms. The summed E-state index contributed by atoms with van der Waals surface area (Å²) in [6.07, 6.45) is 1.58. The summed E-state index contributed by atoms with van der Waals surface area (Å²) < 4.78 is 36.8. The van der Waals surface area contributed by atoms with E-state index in [0.29, 0.717) is 6.42 Å². The Morgan fingerprint density at radius 2 is 2.04 bits per heavy atom. The van der Waals surface area contributed by atoms with Gasteiger partial charge in [-0.3, -0.25) is 4.68 Å². The maximum atomic E-state index is 12.6. The average Bonchev–Trinajstić information content (AvgIpc) is 2.79. The first-order chi connectivity index (χ1) is 12.2. The lowest BCUT2D eigenvalue weighted by atomic mass is 10.1. The lowest BCUT2D eigenvalue weighted by molar-refractivity contribution is 0.484. The molecule has 3 rings (SSSR count). The summed E-state index contributed by atoms with van der Waals surface area (Å²) in [6.45, 7) is 3.53. The second kappa shape index (κ2) is 6.77. The molecule has 0 saturated carbocycles. The summed E-state index contributed by atoms with van der Waals surface area (Å²) in [5, 5.41) is 4.68. The van der Waals surface area contributed by atoms with E-state index in [2.05, 4.69) is 5.10 Å². The van der Waals surface area contributed by atoms with E-state index in [1.54, 1.807) is 6.07 Å². The van der Waals surface area contributed by atoms with Crippen molar-refractivity contribution in [2.45, 2.75) is 31.6 Å². The molecule has 138 valence electrons. The monoisotopic (exact) mass is 396 g/mol. The minimum atomic E-state index is -4.19. The summed E-state index contributed by atoms with van der Waals surface area (Å²) in [6, 6.07) is 6.01. The van der Waals surface area contributed by atoms with Crippen molar-refractivity contribution in [1.29, 1.82) is 0 Å². The second-order valence-corrected chi connectivity index (χ2v) is 7.71. The summed E-state index contributed by atoms with van der Waals surface area (Å²) in [4.78, 5) is 11.5. The van der Waals surface area contributed by atoms with Crippen molar-refractivity contribution >= 4 is 32.7 Å². The SMILES string of the molecule is CCCc1cc(=O)oc2cc(OS(=O)(=O)c3c(C)nn(C)c3Cl)ccc12. The van der Waals surface area contributed by atoms with E-state index in [0.717, 1.165) is 17.4 Å². The molecule has 0 fully saturated rings. The highest BCUT2D eigenvalue weighted by Crippen LogP contribution is 2.29. The van der Waals surface area contributed by atoms with Crippen molar-refractivity contribution in [2.75, 3.05) is 0 Å². The summed E-state index contributed by atoms with van der Waals surface area (Å²) >= 11 is 6.02. The van der Waals surface area contributed by atoms with Crippen LogP contribution in [-0.4, -0.2) is 18.2 Å². The van der Waals surface area contributed by atoms with Crippen LogP contribution in [-0.2, 0) is 23.6 Å². The number of aryl methyl sites for hydroxylation is 3. The number of halogens is 1. The Labute approximate surface area is 155 Å². The van der Waals surface area contributed by atoms with Crippen molar-refractivity contribution in [3.63, 3.8) is 0 Å². The molecule has 0 atom stereocenters. The first-order valence-corrected chi connectivity index (χ1v) is 9.72. The van der Waals surface area contributed by atoms with Gasteiger partial charge in [-0.15, -0.1) is 0 Å². The van der Waals surface area contributed by atoms with Gasteiger partial charge in [0, 0.05) is 24.6 Å². The third kappa shape index (κ3) is 3.34. The van der Waals surface area contributed by atoms with Crippen molar-refractivity contribution in [1.82, 2.24) is 9.78 Å². The highest BCUT2D eigenvalue weighted by molar-refractivity contribution is 7.87. The molecule has 1 aromatic carbocycles. The molecule has 7 nitrogen and oxygen atoms in total. The molecular weight excluding hydrogens is 380 g/mol. The topological polar surface area (TPSA) is 91.4 Å². The van der Waals surface area contributed by atoms with Crippen molar-refractivity contribution in [3.05, 3.63) is 51.1 Å². The maximum Gasteiger partial charge on any atom is 0.344 e. The van der Waals surface area contributed by atoms with Gasteiger partial charge in [-0.05, 0) is 31.0 Å². The Morgan fingerprint density at radius 3 is 2.65 bits per heavy atom. The molecule has 2 aromatic heterocycles. The van der Waals surface area contributed by atoms with Crippen molar-refractivity contribution in [3.8, 4) is 5.75 Å². The van der Waals surface area contributed by atoms with E-state index in [9.17, 15) is 13.2 Å². The number of rotatable bonds is 5. The normalized spacial score (nSPS) is 11.8. The standard InChI is InChI=1S/C17H17ClN2O5S/c1-4-5-11-8-15(21)24-14-9-12(6-7-13(11)14)25-26(22,23)16-10(2)19-20(3)17(16)18/h6-9H,4-5H2,1-3H3. The molecule has 0 N–H and O–H groups in total. The zero-order valence-electron chi connectivity index (χ0n) is 14.4. The Balaban J connectivity index is 2.05. The van der Waals surface area contributed by atoms with Crippen molar-refractivity contribution < 1.29 is 17.0 Å². The zero-order valence-corrected chi connectivity index (χ0v) is 16.0. The maximum absolute atomic E-state index is 12.6. The number of hydrogen-bond donors (Lipinski definition) is 0. The van der Waals surface area contributed by atoms with Gasteiger partial charge in [-0.25, -0.2) is 4.79 Å². The molecule has 0 aliphatic carbocycles. The molecule has 0 unspecified atom stereocenters. The van der Waals surface area contributed by atoms with Gasteiger partial charge in [0.2, 0.25) is 0 Å². The number of fused-ring (bicyclic) bond motifs is 1. The Bertz CT molecular complexity index is 1150. The van der Waals surface area contributed by atoms with Crippen LogP contribution in [0.15, 0.2) is 38.4 Å². The zero-order chi connectivity index (χ0) is 19.1.